The van der Waals surface area contributed by atoms with Gasteiger partial charge in [0.15, 0.2) is 5.96 Å². The number of nitrogens with two attached hydrogens (primary N) is 1. The highest BCUT2D eigenvalue weighted by atomic mass is 79.9. The van der Waals surface area contributed by atoms with Crippen molar-refractivity contribution in [3.05, 3.63) is 34.1 Å². The molecule has 1 fully saturated rings. The van der Waals surface area contributed by atoms with Gasteiger partial charge in [-0.25, -0.2) is 4.39 Å². The minimum absolute atomic E-state index is 0.206. The Labute approximate surface area is 114 Å². The van der Waals surface area contributed by atoms with Crippen LogP contribution in [0.3, 0.4) is 0 Å². The van der Waals surface area contributed by atoms with Gasteiger partial charge in [-0.3, -0.25) is 4.99 Å². The predicted octanol–water partition coefficient (Wildman–Crippen LogP) is 2.60. The largest absolute Gasteiger partial charge is 0.370 e. The van der Waals surface area contributed by atoms with Gasteiger partial charge >= 0.3 is 0 Å². The average molecular weight is 312 g/mol. The zero-order chi connectivity index (χ0) is 12.9. The molecule has 1 heterocycles. The van der Waals surface area contributed by atoms with Crippen LogP contribution in [-0.4, -0.2) is 23.4 Å². The lowest BCUT2D eigenvalue weighted by Crippen LogP contribution is -2.49. The second-order valence-electron chi connectivity index (χ2n) is 5.17. The van der Waals surface area contributed by atoms with Gasteiger partial charge in [-0.15, -0.1) is 0 Å². The Morgan fingerprint density at radius 3 is 2.83 bits per heavy atom. The number of aliphatic imine (C=N–C) groups is 1. The molecule has 0 bridgehead atoms. The van der Waals surface area contributed by atoms with Gasteiger partial charge in [-0.1, -0.05) is 22.0 Å². The molecule has 0 spiro atoms. The molecule has 2 aliphatic rings. The molecule has 1 unspecified atom stereocenters. The summed E-state index contributed by atoms with van der Waals surface area (Å²) in [4.78, 5) is 6.40. The van der Waals surface area contributed by atoms with Crippen molar-refractivity contribution in [2.45, 2.75) is 31.3 Å². The highest BCUT2D eigenvalue weighted by Gasteiger charge is 2.47. The van der Waals surface area contributed by atoms with Gasteiger partial charge in [0.1, 0.15) is 5.82 Å². The van der Waals surface area contributed by atoms with Crippen molar-refractivity contribution >= 4 is 21.9 Å². The topological polar surface area (TPSA) is 41.6 Å². The van der Waals surface area contributed by atoms with Crippen molar-refractivity contribution in [3.8, 4) is 0 Å². The third-order valence-electron chi connectivity index (χ3n) is 3.75. The van der Waals surface area contributed by atoms with Crippen molar-refractivity contribution in [2.24, 2.45) is 10.7 Å². The molecule has 0 saturated heterocycles. The molecule has 96 valence electrons. The van der Waals surface area contributed by atoms with Crippen molar-refractivity contribution in [1.29, 1.82) is 0 Å². The van der Waals surface area contributed by atoms with Crippen LogP contribution in [0.25, 0.3) is 0 Å². The van der Waals surface area contributed by atoms with Crippen LogP contribution in [0.15, 0.2) is 27.7 Å². The summed E-state index contributed by atoms with van der Waals surface area (Å²) in [6.45, 7) is 2.54. The van der Waals surface area contributed by atoms with Crippen LogP contribution in [0.2, 0.25) is 0 Å². The van der Waals surface area contributed by atoms with E-state index in [4.69, 9.17) is 5.73 Å². The number of hydrogen-bond donors (Lipinski definition) is 1. The molecule has 3 nitrogen and oxygen atoms in total. The maximum absolute atomic E-state index is 14.2. The molecule has 0 aromatic heterocycles. The van der Waals surface area contributed by atoms with Crippen molar-refractivity contribution in [1.82, 2.24) is 4.90 Å². The Morgan fingerprint density at radius 1 is 1.50 bits per heavy atom. The fourth-order valence-corrected chi connectivity index (χ4v) is 3.04. The zero-order valence-corrected chi connectivity index (χ0v) is 11.7. The van der Waals surface area contributed by atoms with Crippen LogP contribution in [0.4, 0.5) is 4.39 Å². The molecule has 1 aliphatic heterocycles. The molecule has 1 aromatic rings. The monoisotopic (exact) mass is 311 g/mol. The summed E-state index contributed by atoms with van der Waals surface area (Å²) in [5.41, 5.74) is 6.18. The molecule has 1 aliphatic carbocycles. The Hall–Kier alpha value is -1.10. The van der Waals surface area contributed by atoms with Crippen LogP contribution in [-0.2, 0) is 5.54 Å². The summed E-state index contributed by atoms with van der Waals surface area (Å²) in [5.74, 6) is 0.338. The Morgan fingerprint density at radius 2 is 2.22 bits per heavy atom. The van der Waals surface area contributed by atoms with Gasteiger partial charge in [-0.2, -0.15) is 0 Å². The Bertz CT molecular complexity index is 527. The summed E-state index contributed by atoms with van der Waals surface area (Å²) >= 11 is 3.28. The fourth-order valence-electron chi connectivity index (χ4n) is 2.70. The number of guanidine groups is 1. The van der Waals surface area contributed by atoms with E-state index in [1.165, 1.54) is 6.07 Å². The number of benzene rings is 1. The van der Waals surface area contributed by atoms with E-state index in [0.29, 0.717) is 24.1 Å². The average Bonchev–Trinajstić information content (AvgIpc) is 3.06. The van der Waals surface area contributed by atoms with E-state index in [1.807, 2.05) is 19.1 Å². The quantitative estimate of drug-likeness (QED) is 0.912. The number of nitrogens with zero attached hydrogens (tertiary/aromatic N) is 2. The third kappa shape index (κ3) is 1.72. The fraction of sp³-hybridized carbons (Fsp3) is 0.462. The summed E-state index contributed by atoms with van der Waals surface area (Å²) in [7, 11) is 0. The number of hydrogen-bond acceptors (Lipinski definition) is 3. The predicted molar refractivity (Wildman–Crippen MR) is 72.8 cm³/mol. The molecule has 5 heteroatoms. The summed E-state index contributed by atoms with van der Waals surface area (Å²) in [5, 5.41) is 0. The number of halogens is 2. The molecule has 3 rings (SSSR count). The second-order valence-corrected chi connectivity index (χ2v) is 6.09. The molecule has 0 radical (unpaired) electrons. The second kappa shape index (κ2) is 3.95. The maximum atomic E-state index is 14.2. The van der Waals surface area contributed by atoms with Crippen LogP contribution in [0.1, 0.15) is 25.3 Å². The highest BCUT2D eigenvalue weighted by Crippen LogP contribution is 2.42. The van der Waals surface area contributed by atoms with E-state index < -0.39 is 5.54 Å². The number of rotatable bonds is 2. The first kappa shape index (κ1) is 12.0. The van der Waals surface area contributed by atoms with Crippen LogP contribution in [0, 0.1) is 5.82 Å². The molecule has 2 N–H and O–H groups in total. The van der Waals surface area contributed by atoms with Gasteiger partial charge in [0.25, 0.3) is 0 Å². The van der Waals surface area contributed by atoms with E-state index >= 15 is 0 Å². The Balaban J connectivity index is 2.04. The molecular weight excluding hydrogens is 297 g/mol. The molecule has 1 saturated carbocycles. The smallest absolute Gasteiger partial charge is 0.192 e. The van der Waals surface area contributed by atoms with Gasteiger partial charge in [0, 0.05) is 16.1 Å². The lowest BCUT2D eigenvalue weighted by molar-refractivity contribution is 0.210. The van der Waals surface area contributed by atoms with Crippen LogP contribution >= 0.6 is 15.9 Å². The first-order chi connectivity index (χ1) is 8.52. The molecule has 1 atom stereocenters. The van der Waals surface area contributed by atoms with E-state index in [-0.39, 0.29) is 5.82 Å². The van der Waals surface area contributed by atoms with Gasteiger partial charge in [0.2, 0.25) is 0 Å². The van der Waals surface area contributed by atoms with Gasteiger partial charge in [0.05, 0.1) is 12.1 Å². The SMILES string of the molecule is CC1(c2ccc(Br)cc2F)CN=C(N)N1C1CC1. The van der Waals surface area contributed by atoms with Crippen LogP contribution in [0.5, 0.6) is 0 Å². The molecule has 18 heavy (non-hydrogen) atoms. The van der Waals surface area contributed by atoms with E-state index in [2.05, 4.69) is 25.8 Å². The lowest BCUT2D eigenvalue weighted by atomic mass is 9.90. The van der Waals surface area contributed by atoms with E-state index in [9.17, 15) is 4.39 Å². The summed E-state index contributed by atoms with van der Waals surface area (Å²) in [6, 6.07) is 5.61. The molecular formula is C13H15BrFN3. The Kier molecular flexibility index (Phi) is 2.62. The maximum Gasteiger partial charge on any atom is 0.192 e. The summed E-state index contributed by atoms with van der Waals surface area (Å²) < 4.78 is 14.9. The first-order valence-corrected chi connectivity index (χ1v) is 6.86. The zero-order valence-electron chi connectivity index (χ0n) is 10.2. The van der Waals surface area contributed by atoms with Crippen molar-refractivity contribution in [2.75, 3.05) is 6.54 Å². The van der Waals surface area contributed by atoms with Crippen molar-refractivity contribution < 1.29 is 4.39 Å². The standard InChI is InChI=1S/C13H15BrFN3/c1-13(10-5-2-8(14)6-11(10)15)7-17-12(16)18(13)9-3-4-9/h2,5-6,9H,3-4,7H2,1H3,(H2,16,17). The van der Waals surface area contributed by atoms with Crippen molar-refractivity contribution in [3.63, 3.8) is 0 Å². The van der Waals surface area contributed by atoms with Gasteiger partial charge in [-0.05, 0) is 31.9 Å². The third-order valence-corrected chi connectivity index (χ3v) is 4.24. The highest BCUT2D eigenvalue weighted by molar-refractivity contribution is 9.10. The van der Waals surface area contributed by atoms with Gasteiger partial charge < -0.3 is 10.6 Å². The minimum atomic E-state index is -0.448. The van der Waals surface area contributed by atoms with E-state index in [0.717, 1.165) is 17.3 Å². The molecule has 0 amide bonds. The minimum Gasteiger partial charge on any atom is -0.370 e. The van der Waals surface area contributed by atoms with E-state index in [1.54, 1.807) is 0 Å². The molecule has 1 aromatic carbocycles. The summed E-state index contributed by atoms with van der Waals surface area (Å²) in [6.07, 6.45) is 2.23. The first-order valence-electron chi connectivity index (χ1n) is 6.07. The lowest BCUT2D eigenvalue weighted by Gasteiger charge is -2.37. The van der Waals surface area contributed by atoms with Crippen LogP contribution < -0.4 is 5.73 Å². The normalized spacial score (nSPS) is 27.5.